The first-order valence-electron chi connectivity index (χ1n) is 13.7. The Morgan fingerprint density at radius 2 is 1.70 bits per heavy atom. The standard InChI is InChI=1S/C31H26N6O6/c38-26-2-1-14-36(26)15-13-18-3-7-20(8-4-18)28(27-23-17-22(37(42)43)11-12-24(23)33-30(27)40)32-21-9-5-19(6-10-21)16-25-29(39)35-31(41)34-25/h3-12,16-17,32H,1-2,13-15H2,(H,33,40)(H2,34,35,39,41). The van der Waals surface area contributed by atoms with Crippen LogP contribution in [0.15, 0.2) is 72.4 Å². The molecule has 0 spiro atoms. The number of urea groups is 1. The number of rotatable bonds is 8. The highest BCUT2D eigenvalue weighted by atomic mass is 16.6. The number of nitrogens with one attached hydrogen (secondary N) is 4. The Balaban J connectivity index is 1.34. The summed E-state index contributed by atoms with van der Waals surface area (Å²) in [5.74, 6) is -0.750. The number of carbonyl (C=O) groups excluding carboxylic acids is 4. The van der Waals surface area contributed by atoms with Gasteiger partial charge in [-0.3, -0.25) is 29.8 Å². The summed E-state index contributed by atoms with van der Waals surface area (Å²) in [7, 11) is 0. The minimum absolute atomic E-state index is 0.128. The quantitative estimate of drug-likeness (QED) is 0.136. The molecule has 4 N–H and O–H groups in total. The van der Waals surface area contributed by atoms with Gasteiger partial charge >= 0.3 is 6.03 Å². The van der Waals surface area contributed by atoms with Crippen LogP contribution >= 0.6 is 0 Å². The van der Waals surface area contributed by atoms with Crippen LogP contribution in [0.5, 0.6) is 0 Å². The number of fused-ring (bicyclic) bond motifs is 1. The highest BCUT2D eigenvalue weighted by Crippen LogP contribution is 2.39. The van der Waals surface area contributed by atoms with Crippen LogP contribution in [0.3, 0.4) is 0 Å². The first kappa shape index (κ1) is 27.4. The van der Waals surface area contributed by atoms with E-state index < -0.39 is 22.8 Å². The number of non-ortho nitro benzene ring substituents is 1. The van der Waals surface area contributed by atoms with Gasteiger partial charge in [-0.25, -0.2) is 4.79 Å². The average Bonchev–Trinajstić information content (AvgIpc) is 3.66. The molecule has 5 amide bonds. The molecule has 0 aromatic heterocycles. The van der Waals surface area contributed by atoms with Crippen molar-refractivity contribution in [2.75, 3.05) is 23.7 Å². The van der Waals surface area contributed by atoms with E-state index in [-0.39, 0.29) is 22.9 Å². The number of nitro benzene ring substituents is 1. The van der Waals surface area contributed by atoms with E-state index in [1.54, 1.807) is 24.3 Å². The van der Waals surface area contributed by atoms with E-state index in [9.17, 15) is 29.3 Å². The van der Waals surface area contributed by atoms with E-state index in [4.69, 9.17) is 0 Å². The summed E-state index contributed by atoms with van der Waals surface area (Å²) in [5.41, 5.74) is 4.56. The van der Waals surface area contributed by atoms with Crippen LogP contribution in [-0.2, 0) is 20.8 Å². The molecule has 43 heavy (non-hydrogen) atoms. The van der Waals surface area contributed by atoms with Crippen molar-refractivity contribution in [3.05, 3.63) is 105 Å². The molecule has 2 fully saturated rings. The van der Waals surface area contributed by atoms with E-state index in [1.165, 1.54) is 24.3 Å². The Morgan fingerprint density at radius 1 is 0.930 bits per heavy atom. The maximum Gasteiger partial charge on any atom is 0.326 e. The van der Waals surface area contributed by atoms with Crippen molar-refractivity contribution in [3.8, 4) is 0 Å². The minimum Gasteiger partial charge on any atom is -0.354 e. The number of hydrogen-bond acceptors (Lipinski definition) is 7. The maximum absolute atomic E-state index is 13.3. The number of nitrogens with zero attached hydrogens (tertiary/aromatic N) is 2. The van der Waals surface area contributed by atoms with Crippen molar-refractivity contribution in [3.63, 3.8) is 0 Å². The second-order valence-corrected chi connectivity index (χ2v) is 10.3. The molecule has 216 valence electrons. The van der Waals surface area contributed by atoms with Gasteiger partial charge in [0.2, 0.25) is 5.91 Å². The third-order valence-corrected chi connectivity index (χ3v) is 7.50. The van der Waals surface area contributed by atoms with Crippen LogP contribution in [0.25, 0.3) is 17.3 Å². The lowest BCUT2D eigenvalue weighted by molar-refractivity contribution is -0.384. The van der Waals surface area contributed by atoms with Crippen LogP contribution < -0.4 is 21.3 Å². The Morgan fingerprint density at radius 3 is 2.35 bits per heavy atom. The number of amides is 5. The van der Waals surface area contributed by atoms with Crippen molar-refractivity contribution in [2.45, 2.75) is 19.3 Å². The second-order valence-electron chi connectivity index (χ2n) is 10.3. The molecule has 3 heterocycles. The molecule has 6 rings (SSSR count). The first-order valence-corrected chi connectivity index (χ1v) is 13.7. The summed E-state index contributed by atoms with van der Waals surface area (Å²) < 4.78 is 0. The SMILES string of the molecule is O=C1NC(=O)C(=Cc2ccc(NC(=C3C(=O)Nc4ccc([N+](=O)[O-])cc43)c3ccc(CCN4CCCC4=O)cc3)cc2)N1. The van der Waals surface area contributed by atoms with Gasteiger partial charge in [-0.2, -0.15) is 0 Å². The number of imide groups is 1. The molecule has 3 aromatic rings. The number of anilines is 2. The topological polar surface area (TPSA) is 163 Å². The average molecular weight is 579 g/mol. The van der Waals surface area contributed by atoms with Gasteiger partial charge in [-0.1, -0.05) is 36.4 Å². The van der Waals surface area contributed by atoms with Crippen LogP contribution in [-0.4, -0.2) is 46.7 Å². The zero-order chi connectivity index (χ0) is 30.1. The van der Waals surface area contributed by atoms with Crippen LogP contribution in [0.1, 0.15) is 35.1 Å². The fourth-order valence-electron chi connectivity index (χ4n) is 5.29. The molecule has 0 aliphatic carbocycles. The lowest BCUT2D eigenvalue weighted by atomic mass is 9.98. The number of benzene rings is 3. The van der Waals surface area contributed by atoms with Crippen molar-refractivity contribution in [1.29, 1.82) is 0 Å². The molecule has 3 aliphatic heterocycles. The van der Waals surface area contributed by atoms with Crippen molar-refractivity contribution >= 4 is 58.2 Å². The van der Waals surface area contributed by atoms with Crippen molar-refractivity contribution < 1.29 is 24.1 Å². The lowest BCUT2D eigenvalue weighted by Gasteiger charge is -2.17. The van der Waals surface area contributed by atoms with E-state index in [0.29, 0.717) is 53.1 Å². The summed E-state index contributed by atoms with van der Waals surface area (Å²) >= 11 is 0. The smallest absolute Gasteiger partial charge is 0.326 e. The first-order chi connectivity index (χ1) is 20.7. The molecular formula is C31H26N6O6. The number of nitro groups is 1. The van der Waals surface area contributed by atoms with Gasteiger partial charge in [0.25, 0.3) is 17.5 Å². The summed E-state index contributed by atoms with van der Waals surface area (Å²) in [6.45, 7) is 1.41. The van der Waals surface area contributed by atoms with Gasteiger partial charge in [0.1, 0.15) is 5.70 Å². The number of hydrogen-bond donors (Lipinski definition) is 4. The van der Waals surface area contributed by atoms with Gasteiger partial charge in [-0.05, 0) is 53.8 Å². The van der Waals surface area contributed by atoms with Gasteiger partial charge in [0.05, 0.1) is 16.2 Å². The molecule has 2 saturated heterocycles. The minimum atomic E-state index is -0.586. The van der Waals surface area contributed by atoms with Gasteiger partial charge in [0.15, 0.2) is 0 Å². The largest absolute Gasteiger partial charge is 0.354 e. The van der Waals surface area contributed by atoms with Crippen LogP contribution in [0.2, 0.25) is 0 Å². The fraction of sp³-hybridized carbons (Fsp3) is 0.161. The summed E-state index contributed by atoms with van der Waals surface area (Å²) in [5, 5.41) is 22.2. The van der Waals surface area contributed by atoms with E-state index in [1.807, 2.05) is 29.2 Å². The Kier molecular flexibility index (Phi) is 7.16. The summed E-state index contributed by atoms with van der Waals surface area (Å²) in [6, 6.07) is 18.3. The Hall–Kier alpha value is -5.78. The third-order valence-electron chi connectivity index (χ3n) is 7.50. The number of carbonyl (C=O) groups is 4. The molecule has 12 nitrogen and oxygen atoms in total. The highest BCUT2D eigenvalue weighted by Gasteiger charge is 2.30. The van der Waals surface area contributed by atoms with Crippen LogP contribution in [0, 0.1) is 10.1 Å². The zero-order valence-electron chi connectivity index (χ0n) is 22.8. The molecule has 0 radical (unpaired) electrons. The highest BCUT2D eigenvalue weighted by molar-refractivity contribution is 6.37. The third kappa shape index (κ3) is 5.71. The number of likely N-dealkylation sites (tertiary alicyclic amines) is 1. The van der Waals surface area contributed by atoms with Crippen LogP contribution in [0.4, 0.5) is 21.9 Å². The Bertz CT molecular complexity index is 1740. The fourth-order valence-corrected chi connectivity index (χ4v) is 5.29. The van der Waals surface area contributed by atoms with Gasteiger partial charge < -0.3 is 20.9 Å². The maximum atomic E-state index is 13.3. The molecule has 0 unspecified atom stereocenters. The monoisotopic (exact) mass is 578 g/mol. The van der Waals surface area contributed by atoms with E-state index in [0.717, 1.165) is 18.5 Å². The van der Waals surface area contributed by atoms with Gasteiger partial charge in [0, 0.05) is 48.6 Å². The lowest BCUT2D eigenvalue weighted by Crippen LogP contribution is -2.26. The molecule has 0 saturated carbocycles. The van der Waals surface area contributed by atoms with Crippen molar-refractivity contribution in [1.82, 2.24) is 15.5 Å². The molecule has 0 bridgehead atoms. The predicted molar refractivity (Wildman–Crippen MR) is 159 cm³/mol. The predicted octanol–water partition coefficient (Wildman–Crippen LogP) is 3.87. The summed E-state index contributed by atoms with van der Waals surface area (Å²) in [6.07, 6.45) is 3.70. The Labute approximate surface area is 245 Å². The molecule has 3 aromatic carbocycles. The summed E-state index contributed by atoms with van der Waals surface area (Å²) in [4.78, 5) is 61.4. The molecule has 12 heteroatoms. The molecule has 0 atom stereocenters. The van der Waals surface area contributed by atoms with Gasteiger partial charge in [-0.15, -0.1) is 0 Å². The second kappa shape index (κ2) is 11.2. The van der Waals surface area contributed by atoms with Crippen molar-refractivity contribution in [2.24, 2.45) is 0 Å². The molecular weight excluding hydrogens is 552 g/mol. The zero-order valence-corrected chi connectivity index (χ0v) is 22.8. The van der Waals surface area contributed by atoms with E-state index in [2.05, 4.69) is 21.3 Å². The van der Waals surface area contributed by atoms with E-state index >= 15 is 0 Å². The normalized spacial score (nSPS) is 18.0. The molecule has 3 aliphatic rings.